The first kappa shape index (κ1) is 21.4. The van der Waals surface area contributed by atoms with Gasteiger partial charge in [0.15, 0.2) is 6.61 Å². The monoisotopic (exact) mass is 440 g/mol. The SMILES string of the molecule is CC1CCN(C(=O)COC(=O)c2c3c(nc4ccccc24)C(=Cc2ccccc2)CC3)CC1. The molecule has 1 saturated heterocycles. The molecular weight excluding hydrogens is 412 g/mol. The number of piperidine rings is 1. The summed E-state index contributed by atoms with van der Waals surface area (Å²) in [6.45, 7) is 3.46. The van der Waals surface area contributed by atoms with E-state index in [1.807, 2.05) is 47.4 Å². The number of rotatable bonds is 4. The summed E-state index contributed by atoms with van der Waals surface area (Å²) in [4.78, 5) is 32.6. The Kier molecular flexibility index (Phi) is 5.95. The smallest absolute Gasteiger partial charge is 0.339 e. The first-order valence-electron chi connectivity index (χ1n) is 11.7. The third kappa shape index (κ3) is 4.40. The van der Waals surface area contributed by atoms with Crippen LogP contribution in [0.15, 0.2) is 54.6 Å². The molecule has 0 unspecified atom stereocenters. The fourth-order valence-corrected chi connectivity index (χ4v) is 4.81. The predicted octanol–water partition coefficient (Wildman–Crippen LogP) is 5.14. The van der Waals surface area contributed by atoms with Gasteiger partial charge in [0.25, 0.3) is 5.91 Å². The van der Waals surface area contributed by atoms with Crippen LogP contribution in [0, 0.1) is 5.92 Å². The van der Waals surface area contributed by atoms with Crippen LogP contribution in [0.3, 0.4) is 0 Å². The molecule has 1 aliphatic heterocycles. The Morgan fingerprint density at radius 2 is 1.76 bits per heavy atom. The highest BCUT2D eigenvalue weighted by molar-refractivity contribution is 6.07. The quantitative estimate of drug-likeness (QED) is 0.527. The summed E-state index contributed by atoms with van der Waals surface area (Å²) in [5.74, 6) is 0.0833. The van der Waals surface area contributed by atoms with Crippen molar-refractivity contribution in [3.05, 3.63) is 77.0 Å². The van der Waals surface area contributed by atoms with Gasteiger partial charge in [0, 0.05) is 18.5 Å². The number of hydrogen-bond donors (Lipinski definition) is 0. The maximum Gasteiger partial charge on any atom is 0.339 e. The second-order valence-electron chi connectivity index (χ2n) is 9.05. The summed E-state index contributed by atoms with van der Waals surface area (Å²) in [5, 5.41) is 0.779. The minimum Gasteiger partial charge on any atom is -0.452 e. The molecule has 1 aliphatic carbocycles. The molecule has 5 nitrogen and oxygen atoms in total. The van der Waals surface area contributed by atoms with Crippen molar-refractivity contribution >= 4 is 34.4 Å². The summed E-state index contributed by atoms with van der Waals surface area (Å²) < 4.78 is 5.58. The fraction of sp³-hybridized carbons (Fsp3) is 0.321. The molecule has 0 N–H and O–H groups in total. The van der Waals surface area contributed by atoms with Gasteiger partial charge in [-0.25, -0.2) is 9.78 Å². The van der Waals surface area contributed by atoms with Gasteiger partial charge in [0.1, 0.15) is 0 Å². The van der Waals surface area contributed by atoms with E-state index in [0.29, 0.717) is 11.5 Å². The Bertz CT molecular complexity index is 1220. The number of fused-ring (bicyclic) bond motifs is 2. The maximum atomic E-state index is 13.3. The molecule has 2 aromatic carbocycles. The van der Waals surface area contributed by atoms with Crippen molar-refractivity contribution in [2.24, 2.45) is 5.92 Å². The summed E-state index contributed by atoms with van der Waals surface area (Å²) in [5.41, 5.74) is 5.32. The molecule has 0 atom stereocenters. The Morgan fingerprint density at radius 3 is 2.55 bits per heavy atom. The number of aromatic nitrogens is 1. The van der Waals surface area contributed by atoms with Crippen LogP contribution in [0.4, 0.5) is 0 Å². The number of ether oxygens (including phenoxy) is 1. The molecule has 5 rings (SSSR count). The molecule has 1 amide bonds. The average Bonchev–Trinajstić information content (AvgIpc) is 3.23. The number of amides is 1. The van der Waals surface area contributed by atoms with Crippen molar-refractivity contribution in [1.82, 2.24) is 9.88 Å². The summed E-state index contributed by atoms with van der Waals surface area (Å²) in [6, 6.07) is 17.8. The van der Waals surface area contributed by atoms with Gasteiger partial charge >= 0.3 is 5.97 Å². The number of nitrogens with zero attached hydrogens (tertiary/aromatic N) is 2. The topological polar surface area (TPSA) is 59.5 Å². The van der Waals surface area contributed by atoms with Crippen molar-refractivity contribution in [3.8, 4) is 0 Å². The van der Waals surface area contributed by atoms with E-state index < -0.39 is 5.97 Å². The number of esters is 1. The van der Waals surface area contributed by atoms with Gasteiger partial charge in [-0.15, -0.1) is 0 Å². The van der Waals surface area contributed by atoms with Crippen molar-refractivity contribution in [1.29, 1.82) is 0 Å². The predicted molar refractivity (Wildman–Crippen MR) is 130 cm³/mol. The number of para-hydroxylation sites is 1. The van der Waals surface area contributed by atoms with Crippen molar-refractivity contribution < 1.29 is 14.3 Å². The molecule has 33 heavy (non-hydrogen) atoms. The zero-order valence-electron chi connectivity index (χ0n) is 18.9. The van der Waals surface area contributed by atoms with Crippen LogP contribution in [0.5, 0.6) is 0 Å². The van der Waals surface area contributed by atoms with E-state index >= 15 is 0 Å². The molecule has 2 aliphatic rings. The highest BCUT2D eigenvalue weighted by Crippen LogP contribution is 2.37. The Balaban J connectivity index is 1.44. The van der Waals surface area contributed by atoms with Crippen LogP contribution in [-0.2, 0) is 16.0 Å². The molecule has 0 bridgehead atoms. The van der Waals surface area contributed by atoms with Crippen LogP contribution in [0.25, 0.3) is 22.6 Å². The van der Waals surface area contributed by atoms with Gasteiger partial charge in [0.05, 0.1) is 16.8 Å². The third-order valence-electron chi connectivity index (χ3n) is 6.75. The van der Waals surface area contributed by atoms with Gasteiger partial charge in [-0.3, -0.25) is 4.79 Å². The van der Waals surface area contributed by atoms with Gasteiger partial charge < -0.3 is 9.64 Å². The lowest BCUT2D eigenvalue weighted by Gasteiger charge is -2.30. The summed E-state index contributed by atoms with van der Waals surface area (Å²) >= 11 is 0. The lowest BCUT2D eigenvalue weighted by molar-refractivity contribution is -0.135. The molecule has 1 aromatic heterocycles. The molecule has 0 saturated carbocycles. The maximum absolute atomic E-state index is 13.3. The van der Waals surface area contributed by atoms with Crippen LogP contribution < -0.4 is 0 Å². The van der Waals surface area contributed by atoms with E-state index in [4.69, 9.17) is 9.72 Å². The second-order valence-corrected chi connectivity index (χ2v) is 9.05. The lowest BCUT2D eigenvalue weighted by Crippen LogP contribution is -2.40. The normalized spacial score (nSPS) is 17.4. The van der Waals surface area contributed by atoms with Crippen LogP contribution in [0.2, 0.25) is 0 Å². The molecular formula is C28H28N2O3. The number of carbonyl (C=O) groups is 2. The highest BCUT2D eigenvalue weighted by atomic mass is 16.5. The molecule has 3 aromatic rings. The fourth-order valence-electron chi connectivity index (χ4n) is 4.81. The number of pyridine rings is 1. The molecule has 2 heterocycles. The Labute approximate surface area is 194 Å². The molecule has 0 spiro atoms. The standard InChI is InChI=1S/C28H28N2O3/c1-19-13-15-30(16-14-19)25(31)18-33-28(32)26-22-9-5-6-10-24(22)29-27-21(11-12-23(26)27)17-20-7-3-2-4-8-20/h2-10,17,19H,11-16,18H2,1H3. The third-order valence-corrected chi connectivity index (χ3v) is 6.75. The van der Waals surface area contributed by atoms with Gasteiger partial charge in [-0.1, -0.05) is 55.5 Å². The van der Waals surface area contributed by atoms with E-state index in [0.717, 1.165) is 72.1 Å². The Morgan fingerprint density at radius 1 is 1.03 bits per heavy atom. The van der Waals surface area contributed by atoms with Crippen molar-refractivity contribution in [2.45, 2.75) is 32.6 Å². The van der Waals surface area contributed by atoms with E-state index in [1.54, 1.807) is 0 Å². The van der Waals surface area contributed by atoms with Gasteiger partial charge in [0.2, 0.25) is 0 Å². The number of likely N-dealkylation sites (tertiary alicyclic amines) is 1. The van der Waals surface area contributed by atoms with Crippen LogP contribution >= 0.6 is 0 Å². The number of carbonyl (C=O) groups excluding carboxylic acids is 2. The van der Waals surface area contributed by atoms with Gasteiger partial charge in [-0.05, 0) is 60.4 Å². The Hall–Kier alpha value is -3.47. The molecule has 5 heteroatoms. The second kappa shape index (κ2) is 9.18. The number of allylic oxidation sites excluding steroid dienone is 1. The molecule has 0 radical (unpaired) electrons. The largest absolute Gasteiger partial charge is 0.452 e. The van der Waals surface area contributed by atoms with Crippen LogP contribution in [-0.4, -0.2) is 41.5 Å². The van der Waals surface area contributed by atoms with E-state index in [2.05, 4.69) is 25.1 Å². The van der Waals surface area contributed by atoms with E-state index in [9.17, 15) is 9.59 Å². The zero-order valence-corrected chi connectivity index (χ0v) is 18.9. The van der Waals surface area contributed by atoms with Crippen molar-refractivity contribution in [3.63, 3.8) is 0 Å². The zero-order chi connectivity index (χ0) is 22.8. The van der Waals surface area contributed by atoms with Gasteiger partial charge in [-0.2, -0.15) is 0 Å². The lowest BCUT2D eigenvalue weighted by atomic mass is 9.99. The molecule has 1 fully saturated rings. The minimum atomic E-state index is -0.440. The van der Waals surface area contributed by atoms with Crippen molar-refractivity contribution in [2.75, 3.05) is 19.7 Å². The first-order valence-corrected chi connectivity index (χ1v) is 11.7. The summed E-state index contributed by atoms with van der Waals surface area (Å²) in [6.07, 6.45) is 5.69. The number of benzene rings is 2. The van der Waals surface area contributed by atoms with E-state index in [-0.39, 0.29) is 12.5 Å². The highest BCUT2D eigenvalue weighted by Gasteiger charge is 2.28. The summed E-state index contributed by atoms with van der Waals surface area (Å²) in [7, 11) is 0. The minimum absolute atomic E-state index is 0.116. The first-order chi connectivity index (χ1) is 16.1. The number of hydrogen-bond acceptors (Lipinski definition) is 4. The average molecular weight is 441 g/mol. The van der Waals surface area contributed by atoms with E-state index in [1.165, 1.54) is 0 Å². The van der Waals surface area contributed by atoms with Crippen LogP contribution in [0.1, 0.15) is 53.4 Å². The molecule has 168 valence electrons.